The molecule has 0 heterocycles. The van der Waals surface area contributed by atoms with Gasteiger partial charge in [-0.25, -0.2) is 0 Å². The molecule has 0 amide bonds. The second-order valence-corrected chi connectivity index (χ2v) is 9.69. The molecule has 0 saturated carbocycles. The highest BCUT2D eigenvalue weighted by Crippen LogP contribution is 2.66. The van der Waals surface area contributed by atoms with Gasteiger partial charge in [0.15, 0.2) is 0 Å². The van der Waals surface area contributed by atoms with Gasteiger partial charge in [0.1, 0.15) is 0 Å². The van der Waals surface area contributed by atoms with Crippen LogP contribution in [0.3, 0.4) is 0 Å². The van der Waals surface area contributed by atoms with Crippen LogP contribution in [-0.4, -0.2) is 24.7 Å². The molecule has 3 rings (SSSR count). The fraction of sp³-hybridized carbons (Fsp3) is 0.304. The zero-order chi connectivity index (χ0) is 22.4. The van der Waals surface area contributed by atoms with Crippen molar-refractivity contribution in [3.8, 4) is 0 Å². The van der Waals surface area contributed by atoms with E-state index in [-0.39, 0.29) is 13.2 Å². The fourth-order valence-electron chi connectivity index (χ4n) is 3.84. The Labute approximate surface area is 186 Å². The van der Waals surface area contributed by atoms with Crippen LogP contribution >= 0.6 is 19.2 Å². The van der Waals surface area contributed by atoms with Crippen molar-refractivity contribution in [3.63, 3.8) is 0 Å². The smallest absolute Gasteiger partial charge is 0.308 e. The third-order valence-electron chi connectivity index (χ3n) is 5.10. The summed E-state index contributed by atoms with van der Waals surface area (Å²) in [7, 11) is -3.76. The molecule has 8 heteroatoms. The molecule has 0 spiro atoms. The van der Waals surface area contributed by atoms with Crippen LogP contribution in [0, 0.1) is 10.1 Å². The molecule has 2 atom stereocenters. The van der Waals surface area contributed by atoms with E-state index in [0.717, 1.165) is 10.8 Å². The molecule has 31 heavy (non-hydrogen) atoms. The Morgan fingerprint density at radius 1 is 0.935 bits per heavy atom. The number of halogens is 1. The lowest BCUT2D eigenvalue weighted by Gasteiger charge is -2.31. The van der Waals surface area contributed by atoms with Crippen LogP contribution in [0.15, 0.2) is 66.7 Å². The molecule has 0 bridgehead atoms. The van der Waals surface area contributed by atoms with Gasteiger partial charge in [0.25, 0.3) is 0 Å². The number of hydrogen-bond donors (Lipinski definition) is 0. The Balaban J connectivity index is 2.23. The summed E-state index contributed by atoms with van der Waals surface area (Å²) in [6, 6.07) is 20.3. The summed E-state index contributed by atoms with van der Waals surface area (Å²) in [6.07, 6.45) is 0. The van der Waals surface area contributed by atoms with Gasteiger partial charge >= 0.3 is 7.60 Å². The van der Waals surface area contributed by atoms with Crippen molar-refractivity contribution in [2.45, 2.75) is 25.4 Å². The zero-order valence-electron chi connectivity index (χ0n) is 17.4. The molecule has 3 aromatic carbocycles. The van der Waals surface area contributed by atoms with E-state index in [1.165, 1.54) is 0 Å². The highest BCUT2D eigenvalue weighted by Gasteiger charge is 2.45. The van der Waals surface area contributed by atoms with Crippen LogP contribution in [-0.2, 0) is 13.6 Å². The lowest BCUT2D eigenvalue weighted by molar-refractivity contribution is -0.483. The van der Waals surface area contributed by atoms with Crippen molar-refractivity contribution in [1.29, 1.82) is 0 Å². The molecule has 3 aromatic rings. The van der Waals surface area contributed by atoms with Crippen LogP contribution in [0.25, 0.3) is 10.8 Å². The van der Waals surface area contributed by atoms with Gasteiger partial charge in [-0.1, -0.05) is 66.2 Å². The SMILES string of the molecule is CCOP(=O)(OCC)[C@H](c1ccc2ccccc2c1)[C@@H](C[N+](=O)[O-])c1ccc(Cl)cc1. The first kappa shape index (κ1) is 23.4. The first-order chi connectivity index (χ1) is 14.9. The predicted molar refractivity (Wildman–Crippen MR) is 124 cm³/mol. The van der Waals surface area contributed by atoms with Gasteiger partial charge in [0, 0.05) is 9.95 Å². The molecular weight excluding hydrogens is 437 g/mol. The highest BCUT2D eigenvalue weighted by atomic mass is 35.5. The van der Waals surface area contributed by atoms with E-state index < -0.39 is 30.6 Å². The monoisotopic (exact) mass is 461 g/mol. The summed E-state index contributed by atoms with van der Waals surface area (Å²) >= 11 is 6.04. The average molecular weight is 462 g/mol. The van der Waals surface area contributed by atoms with E-state index >= 15 is 0 Å². The molecular formula is C23H25ClNO5P. The Hall–Kier alpha value is -2.24. The number of fused-ring (bicyclic) bond motifs is 1. The molecule has 0 N–H and O–H groups in total. The summed E-state index contributed by atoms with van der Waals surface area (Å²) in [6.45, 7) is 3.35. The number of hydrogen-bond acceptors (Lipinski definition) is 5. The summed E-state index contributed by atoms with van der Waals surface area (Å²) in [5.41, 5.74) is 0.466. The molecule has 0 aliphatic rings. The van der Waals surface area contributed by atoms with Crippen molar-refractivity contribution in [1.82, 2.24) is 0 Å². The van der Waals surface area contributed by atoms with Crippen LogP contribution in [0.2, 0.25) is 5.02 Å². The van der Waals surface area contributed by atoms with Crippen LogP contribution < -0.4 is 0 Å². The van der Waals surface area contributed by atoms with Crippen molar-refractivity contribution in [3.05, 3.63) is 93.0 Å². The zero-order valence-corrected chi connectivity index (χ0v) is 19.1. The summed E-state index contributed by atoms with van der Waals surface area (Å²) < 4.78 is 25.4. The van der Waals surface area contributed by atoms with Gasteiger partial charge in [-0.15, -0.1) is 0 Å². The largest absolute Gasteiger partial charge is 0.338 e. The van der Waals surface area contributed by atoms with Gasteiger partial charge in [-0.3, -0.25) is 14.7 Å². The molecule has 0 unspecified atom stereocenters. The Kier molecular flexibility index (Phi) is 7.84. The van der Waals surface area contributed by atoms with Gasteiger partial charge in [-0.2, -0.15) is 0 Å². The summed E-state index contributed by atoms with van der Waals surface area (Å²) in [4.78, 5) is 11.3. The normalized spacial score (nSPS) is 13.8. The molecule has 0 aliphatic carbocycles. The van der Waals surface area contributed by atoms with Gasteiger partial charge in [-0.05, 0) is 47.9 Å². The van der Waals surface area contributed by atoms with Crippen LogP contribution in [0.4, 0.5) is 0 Å². The van der Waals surface area contributed by atoms with Gasteiger partial charge in [0.2, 0.25) is 6.54 Å². The summed E-state index contributed by atoms with van der Waals surface area (Å²) in [5.74, 6) is -0.739. The van der Waals surface area contributed by atoms with Crippen molar-refractivity contribution in [2.24, 2.45) is 0 Å². The van der Waals surface area contributed by atoms with Crippen molar-refractivity contribution >= 4 is 30.0 Å². The Morgan fingerprint density at radius 2 is 1.52 bits per heavy atom. The van der Waals surface area contributed by atoms with Crippen molar-refractivity contribution in [2.75, 3.05) is 19.8 Å². The molecule has 0 radical (unpaired) electrons. The topological polar surface area (TPSA) is 78.7 Å². The lowest BCUT2D eigenvalue weighted by Crippen LogP contribution is -2.22. The van der Waals surface area contributed by atoms with Gasteiger partial charge in [0.05, 0.1) is 24.8 Å². The molecule has 0 fully saturated rings. The van der Waals surface area contributed by atoms with Crippen molar-refractivity contribution < 1.29 is 18.5 Å². The number of rotatable bonds is 10. The minimum atomic E-state index is -3.76. The highest BCUT2D eigenvalue weighted by molar-refractivity contribution is 7.54. The van der Waals surface area contributed by atoms with E-state index in [1.54, 1.807) is 38.1 Å². The molecule has 6 nitrogen and oxygen atoms in total. The molecule has 0 aliphatic heterocycles. The summed E-state index contributed by atoms with van der Waals surface area (Å²) in [5, 5.41) is 14.1. The van der Waals surface area contributed by atoms with Gasteiger partial charge < -0.3 is 9.05 Å². The second-order valence-electron chi connectivity index (χ2n) is 7.10. The maximum Gasteiger partial charge on any atom is 0.338 e. The van der Waals surface area contributed by atoms with E-state index in [4.69, 9.17) is 20.6 Å². The fourth-order valence-corrected chi connectivity index (χ4v) is 6.32. The number of nitrogens with zero attached hydrogens (tertiary/aromatic N) is 1. The standard InChI is InChI=1S/C23H25ClNO5P/c1-3-29-31(28,30-4-2)23(20-10-9-17-7-5-6-8-19(17)15-20)22(16-25(26)27)18-11-13-21(24)14-12-18/h5-15,22-23H,3-4,16H2,1-2H3/t22-,23+/m0/s1. The first-order valence-electron chi connectivity index (χ1n) is 10.1. The van der Waals surface area contributed by atoms with E-state index in [1.807, 2.05) is 42.5 Å². The first-order valence-corrected chi connectivity index (χ1v) is 12.1. The molecule has 164 valence electrons. The maximum atomic E-state index is 14.0. The minimum Gasteiger partial charge on any atom is -0.308 e. The van der Waals surface area contributed by atoms with E-state index in [2.05, 4.69) is 0 Å². The van der Waals surface area contributed by atoms with E-state index in [0.29, 0.717) is 16.1 Å². The maximum absolute atomic E-state index is 14.0. The predicted octanol–water partition coefficient (Wildman–Crippen LogP) is 6.86. The van der Waals surface area contributed by atoms with Crippen LogP contribution in [0.5, 0.6) is 0 Å². The lowest BCUT2D eigenvalue weighted by atomic mass is 9.90. The minimum absolute atomic E-state index is 0.160. The Bertz CT molecular complexity index is 1080. The quantitative estimate of drug-likeness (QED) is 0.187. The average Bonchev–Trinajstić information content (AvgIpc) is 2.74. The molecule has 0 aromatic heterocycles. The second kappa shape index (κ2) is 10.4. The van der Waals surface area contributed by atoms with E-state index in [9.17, 15) is 14.7 Å². The van der Waals surface area contributed by atoms with Crippen LogP contribution in [0.1, 0.15) is 36.6 Å². The third-order valence-corrected chi connectivity index (χ3v) is 7.93. The number of benzene rings is 3. The number of nitro groups is 1. The third kappa shape index (κ3) is 5.52. The molecule has 0 saturated heterocycles. The Morgan fingerprint density at radius 3 is 2.10 bits per heavy atom.